The second-order valence-electron chi connectivity index (χ2n) is 6.66. The fourth-order valence-corrected chi connectivity index (χ4v) is 3.24. The summed E-state index contributed by atoms with van der Waals surface area (Å²) >= 11 is 0. The normalized spacial score (nSPS) is 15.9. The van der Waals surface area contributed by atoms with Crippen molar-refractivity contribution in [3.8, 4) is 0 Å². The Balaban J connectivity index is 2.02. The van der Waals surface area contributed by atoms with Crippen LogP contribution in [0.4, 0.5) is 5.82 Å². The molecule has 3 nitrogen and oxygen atoms in total. The fraction of sp³-hybridized carbons (Fsp3) is 0.722. The van der Waals surface area contributed by atoms with Crippen molar-refractivity contribution in [2.24, 2.45) is 5.92 Å². The molecule has 1 saturated carbocycles. The smallest absolute Gasteiger partial charge is 0.129 e. The van der Waals surface area contributed by atoms with Crippen LogP contribution in [-0.4, -0.2) is 24.1 Å². The molecule has 1 N–H and O–H groups in total. The average Bonchev–Trinajstić information content (AvgIpc) is 2.95. The van der Waals surface area contributed by atoms with Crippen LogP contribution >= 0.6 is 0 Å². The Hall–Kier alpha value is -1.09. The van der Waals surface area contributed by atoms with E-state index in [-0.39, 0.29) is 0 Å². The molecule has 0 amide bonds. The van der Waals surface area contributed by atoms with Crippen LogP contribution < -0.4 is 10.2 Å². The van der Waals surface area contributed by atoms with Crippen LogP contribution in [0.15, 0.2) is 12.1 Å². The van der Waals surface area contributed by atoms with E-state index in [4.69, 9.17) is 4.98 Å². The van der Waals surface area contributed by atoms with Gasteiger partial charge in [-0.1, -0.05) is 32.8 Å². The van der Waals surface area contributed by atoms with Gasteiger partial charge in [-0.15, -0.1) is 0 Å². The van der Waals surface area contributed by atoms with E-state index in [9.17, 15) is 0 Å². The SMILES string of the molecule is CCN(c1ccc(CNCC(C)C)c(C)n1)C1CCCC1. The predicted molar refractivity (Wildman–Crippen MR) is 90.8 cm³/mol. The van der Waals surface area contributed by atoms with E-state index in [1.165, 1.54) is 36.9 Å². The third-order valence-electron chi connectivity index (χ3n) is 4.45. The van der Waals surface area contributed by atoms with Crippen LogP contribution in [-0.2, 0) is 6.54 Å². The van der Waals surface area contributed by atoms with Crippen LogP contribution in [0.25, 0.3) is 0 Å². The summed E-state index contributed by atoms with van der Waals surface area (Å²) < 4.78 is 0. The standard InChI is InChI=1S/C18H31N3/c1-5-21(17-8-6-7-9-17)18-11-10-16(15(4)20-18)13-19-12-14(2)3/h10-11,14,17,19H,5-9,12-13H2,1-4H3. The number of rotatable bonds is 7. The number of pyridine rings is 1. The maximum Gasteiger partial charge on any atom is 0.129 e. The molecule has 1 aromatic rings. The zero-order valence-electron chi connectivity index (χ0n) is 14.2. The van der Waals surface area contributed by atoms with Gasteiger partial charge in [0.05, 0.1) is 0 Å². The van der Waals surface area contributed by atoms with Gasteiger partial charge in [0.25, 0.3) is 0 Å². The van der Waals surface area contributed by atoms with Crippen LogP contribution in [0.1, 0.15) is 57.7 Å². The Morgan fingerprint density at radius 3 is 2.57 bits per heavy atom. The summed E-state index contributed by atoms with van der Waals surface area (Å²) in [5.41, 5.74) is 2.49. The van der Waals surface area contributed by atoms with Gasteiger partial charge in [0.15, 0.2) is 0 Å². The predicted octanol–water partition coefficient (Wildman–Crippen LogP) is 3.90. The van der Waals surface area contributed by atoms with Crippen LogP contribution in [0.2, 0.25) is 0 Å². The van der Waals surface area contributed by atoms with Crippen molar-refractivity contribution < 1.29 is 0 Å². The summed E-state index contributed by atoms with van der Waals surface area (Å²) in [5, 5.41) is 3.51. The van der Waals surface area contributed by atoms with Gasteiger partial charge in [-0.25, -0.2) is 4.98 Å². The molecule has 1 aliphatic rings. The molecule has 0 aromatic carbocycles. The summed E-state index contributed by atoms with van der Waals surface area (Å²) in [6.45, 7) is 11.9. The van der Waals surface area contributed by atoms with E-state index in [1.54, 1.807) is 0 Å². The number of aromatic nitrogens is 1. The number of nitrogens with zero attached hydrogens (tertiary/aromatic N) is 2. The van der Waals surface area contributed by atoms with E-state index in [1.807, 2.05) is 0 Å². The first-order valence-electron chi connectivity index (χ1n) is 8.55. The third kappa shape index (κ3) is 4.44. The Morgan fingerprint density at radius 1 is 1.29 bits per heavy atom. The van der Waals surface area contributed by atoms with Crippen molar-refractivity contribution in [3.63, 3.8) is 0 Å². The van der Waals surface area contributed by atoms with Gasteiger partial charge in [0.1, 0.15) is 5.82 Å². The molecule has 0 unspecified atom stereocenters. The maximum atomic E-state index is 4.87. The third-order valence-corrected chi connectivity index (χ3v) is 4.45. The number of anilines is 1. The van der Waals surface area contributed by atoms with E-state index in [0.717, 1.165) is 25.5 Å². The molecule has 0 aliphatic heterocycles. The van der Waals surface area contributed by atoms with E-state index >= 15 is 0 Å². The molecule has 1 aliphatic carbocycles. The van der Waals surface area contributed by atoms with E-state index < -0.39 is 0 Å². The van der Waals surface area contributed by atoms with Crippen LogP contribution in [0, 0.1) is 12.8 Å². The largest absolute Gasteiger partial charge is 0.354 e. The number of hydrogen-bond donors (Lipinski definition) is 1. The highest BCUT2D eigenvalue weighted by Crippen LogP contribution is 2.27. The van der Waals surface area contributed by atoms with E-state index in [0.29, 0.717) is 12.0 Å². The number of hydrogen-bond acceptors (Lipinski definition) is 3. The minimum Gasteiger partial charge on any atom is -0.354 e. The van der Waals surface area contributed by atoms with Crippen molar-refractivity contribution >= 4 is 5.82 Å². The highest BCUT2D eigenvalue weighted by atomic mass is 15.2. The Labute approximate surface area is 130 Å². The van der Waals surface area contributed by atoms with Gasteiger partial charge in [-0.05, 0) is 50.8 Å². The van der Waals surface area contributed by atoms with Gasteiger partial charge < -0.3 is 10.2 Å². The summed E-state index contributed by atoms with van der Waals surface area (Å²) in [6, 6.07) is 5.16. The molecule has 2 rings (SSSR count). The minimum atomic E-state index is 0.690. The molecular formula is C18H31N3. The topological polar surface area (TPSA) is 28.2 Å². The first kappa shape index (κ1) is 16.3. The molecule has 0 saturated heterocycles. The zero-order chi connectivity index (χ0) is 15.2. The molecule has 0 radical (unpaired) electrons. The first-order chi connectivity index (χ1) is 10.1. The highest BCUT2D eigenvalue weighted by molar-refractivity contribution is 5.43. The van der Waals surface area contributed by atoms with Crippen molar-refractivity contribution in [1.29, 1.82) is 0 Å². The van der Waals surface area contributed by atoms with Crippen molar-refractivity contribution in [3.05, 3.63) is 23.4 Å². The molecular weight excluding hydrogens is 258 g/mol. The quantitative estimate of drug-likeness (QED) is 0.825. The molecule has 1 aromatic heterocycles. The lowest BCUT2D eigenvalue weighted by atomic mass is 10.1. The summed E-state index contributed by atoms with van der Waals surface area (Å²) in [4.78, 5) is 7.36. The lowest BCUT2D eigenvalue weighted by Gasteiger charge is -2.29. The Bertz CT molecular complexity index is 436. The maximum absolute atomic E-state index is 4.87. The van der Waals surface area contributed by atoms with Crippen molar-refractivity contribution in [1.82, 2.24) is 10.3 Å². The molecule has 0 bridgehead atoms. The molecule has 21 heavy (non-hydrogen) atoms. The average molecular weight is 289 g/mol. The summed E-state index contributed by atoms with van der Waals surface area (Å²) in [6.07, 6.45) is 5.40. The second kappa shape index (κ2) is 7.79. The number of nitrogens with one attached hydrogen (secondary N) is 1. The van der Waals surface area contributed by atoms with Gasteiger partial charge in [0, 0.05) is 24.8 Å². The fourth-order valence-electron chi connectivity index (χ4n) is 3.24. The monoisotopic (exact) mass is 289 g/mol. The lowest BCUT2D eigenvalue weighted by molar-refractivity contribution is 0.550. The zero-order valence-corrected chi connectivity index (χ0v) is 14.2. The molecule has 0 spiro atoms. The molecule has 1 fully saturated rings. The molecule has 118 valence electrons. The van der Waals surface area contributed by atoms with E-state index in [2.05, 4.69) is 50.0 Å². The van der Waals surface area contributed by atoms with Gasteiger partial charge in [-0.2, -0.15) is 0 Å². The van der Waals surface area contributed by atoms with Crippen molar-refractivity contribution in [2.75, 3.05) is 18.0 Å². The summed E-state index contributed by atoms with van der Waals surface area (Å²) in [5.74, 6) is 1.85. The van der Waals surface area contributed by atoms with Gasteiger partial charge in [-0.3, -0.25) is 0 Å². The van der Waals surface area contributed by atoms with Gasteiger partial charge >= 0.3 is 0 Å². The number of aryl methyl sites for hydroxylation is 1. The summed E-state index contributed by atoms with van der Waals surface area (Å²) in [7, 11) is 0. The van der Waals surface area contributed by atoms with Crippen molar-refractivity contribution in [2.45, 2.75) is 66.0 Å². The van der Waals surface area contributed by atoms with Gasteiger partial charge in [0.2, 0.25) is 0 Å². The second-order valence-corrected chi connectivity index (χ2v) is 6.66. The van der Waals surface area contributed by atoms with Crippen LogP contribution in [0.5, 0.6) is 0 Å². The Morgan fingerprint density at radius 2 is 2.00 bits per heavy atom. The molecule has 1 heterocycles. The first-order valence-corrected chi connectivity index (χ1v) is 8.55. The van der Waals surface area contributed by atoms with Crippen LogP contribution in [0.3, 0.4) is 0 Å². The molecule has 0 atom stereocenters. The Kier molecular flexibility index (Phi) is 6.04. The highest BCUT2D eigenvalue weighted by Gasteiger charge is 2.22. The lowest BCUT2D eigenvalue weighted by Crippen LogP contribution is -2.33. The minimum absolute atomic E-state index is 0.690. The molecule has 3 heteroatoms.